The topological polar surface area (TPSA) is 29.5 Å². The molecule has 0 aliphatic carbocycles. The quantitative estimate of drug-likeness (QED) is 0.348. The number of aromatic hydroxyl groups is 1. The standard InChI is InChI=1S/C30H48O2/c1-20(2)12-10-13-21(3)18-23(5)19-22(4)14-11-16-30(9)17-15-27-26(8)28(31)24(6)25(7)29(27)32-30/h14-15,17,20-21,23,31H,10-13,16,18-19H2,1-9H3/b22-14+. The van der Waals surface area contributed by atoms with Gasteiger partial charge in [-0.3, -0.25) is 0 Å². The molecule has 1 aromatic rings. The van der Waals surface area contributed by atoms with E-state index in [1.54, 1.807) is 0 Å². The van der Waals surface area contributed by atoms with Crippen molar-refractivity contribution in [3.63, 3.8) is 0 Å². The molecule has 2 nitrogen and oxygen atoms in total. The maximum Gasteiger partial charge on any atom is 0.131 e. The van der Waals surface area contributed by atoms with Gasteiger partial charge in [0.2, 0.25) is 0 Å². The van der Waals surface area contributed by atoms with Gasteiger partial charge in [0.25, 0.3) is 0 Å². The number of benzene rings is 1. The van der Waals surface area contributed by atoms with Crippen LogP contribution in [0.25, 0.3) is 6.08 Å². The van der Waals surface area contributed by atoms with E-state index >= 15 is 0 Å². The third-order valence-corrected chi connectivity index (χ3v) is 7.29. The summed E-state index contributed by atoms with van der Waals surface area (Å²) >= 11 is 0. The molecule has 3 unspecified atom stereocenters. The average molecular weight is 441 g/mol. The van der Waals surface area contributed by atoms with Gasteiger partial charge in [-0.2, -0.15) is 0 Å². The zero-order valence-electron chi connectivity index (χ0n) is 22.3. The highest BCUT2D eigenvalue weighted by Crippen LogP contribution is 2.43. The molecule has 1 aliphatic heterocycles. The Labute approximate surface area is 198 Å². The fourth-order valence-electron chi connectivity index (χ4n) is 5.12. The first-order valence-corrected chi connectivity index (χ1v) is 12.8. The molecular weight excluding hydrogens is 392 g/mol. The highest BCUT2D eigenvalue weighted by Gasteiger charge is 2.30. The fraction of sp³-hybridized carbons (Fsp3) is 0.667. The summed E-state index contributed by atoms with van der Waals surface area (Å²) < 4.78 is 6.51. The number of allylic oxidation sites excluding steroid dienone is 2. The van der Waals surface area contributed by atoms with Crippen LogP contribution in [0.15, 0.2) is 17.7 Å². The lowest BCUT2D eigenvalue weighted by atomic mass is 9.87. The minimum atomic E-state index is -0.305. The van der Waals surface area contributed by atoms with Crippen LogP contribution in [-0.4, -0.2) is 10.7 Å². The van der Waals surface area contributed by atoms with Crippen molar-refractivity contribution in [1.82, 2.24) is 0 Å². The smallest absolute Gasteiger partial charge is 0.131 e. The van der Waals surface area contributed by atoms with Crippen LogP contribution in [0.5, 0.6) is 11.5 Å². The van der Waals surface area contributed by atoms with Gasteiger partial charge in [-0.25, -0.2) is 0 Å². The van der Waals surface area contributed by atoms with E-state index < -0.39 is 0 Å². The van der Waals surface area contributed by atoms with E-state index in [1.807, 2.05) is 20.8 Å². The van der Waals surface area contributed by atoms with Crippen LogP contribution in [0.2, 0.25) is 0 Å². The van der Waals surface area contributed by atoms with Gasteiger partial charge in [-0.05, 0) is 95.3 Å². The number of phenols is 1. The second-order valence-corrected chi connectivity index (χ2v) is 11.3. The summed E-state index contributed by atoms with van der Waals surface area (Å²) in [5, 5.41) is 10.4. The van der Waals surface area contributed by atoms with Gasteiger partial charge < -0.3 is 9.84 Å². The van der Waals surface area contributed by atoms with E-state index in [4.69, 9.17) is 4.74 Å². The Bertz CT molecular complexity index is 830. The van der Waals surface area contributed by atoms with Gasteiger partial charge >= 0.3 is 0 Å². The van der Waals surface area contributed by atoms with Crippen molar-refractivity contribution < 1.29 is 9.84 Å². The lowest BCUT2D eigenvalue weighted by Gasteiger charge is -2.34. The second-order valence-electron chi connectivity index (χ2n) is 11.3. The van der Waals surface area contributed by atoms with Crippen LogP contribution >= 0.6 is 0 Å². The van der Waals surface area contributed by atoms with E-state index in [9.17, 15) is 5.11 Å². The summed E-state index contributed by atoms with van der Waals surface area (Å²) in [7, 11) is 0. The molecule has 180 valence electrons. The van der Waals surface area contributed by atoms with Gasteiger partial charge in [-0.1, -0.05) is 64.7 Å². The normalized spacial score (nSPS) is 20.2. The van der Waals surface area contributed by atoms with Crippen LogP contribution in [-0.2, 0) is 0 Å². The Balaban J connectivity index is 1.88. The molecule has 0 saturated heterocycles. The molecule has 1 aromatic carbocycles. The first kappa shape index (κ1) is 26.6. The molecule has 0 amide bonds. The number of phenolic OH excluding ortho intramolecular Hbond substituents is 1. The molecular formula is C30H48O2. The van der Waals surface area contributed by atoms with Gasteiger partial charge in [0.15, 0.2) is 0 Å². The zero-order valence-corrected chi connectivity index (χ0v) is 22.3. The van der Waals surface area contributed by atoms with Gasteiger partial charge in [0, 0.05) is 11.1 Å². The SMILES string of the molecule is C/C(=C\CCC1(C)C=Cc2c(C)c(O)c(C)c(C)c2O1)CC(C)CC(C)CCCC(C)C. The minimum Gasteiger partial charge on any atom is -0.507 e. The van der Waals surface area contributed by atoms with Crippen molar-refractivity contribution in [2.75, 3.05) is 0 Å². The minimum absolute atomic E-state index is 0.305. The molecule has 0 saturated carbocycles. The average Bonchev–Trinajstić information content (AvgIpc) is 2.70. The lowest BCUT2D eigenvalue weighted by Crippen LogP contribution is -2.32. The van der Waals surface area contributed by atoms with Crippen molar-refractivity contribution in [2.24, 2.45) is 17.8 Å². The van der Waals surface area contributed by atoms with Crippen molar-refractivity contribution in [3.8, 4) is 11.5 Å². The zero-order chi connectivity index (χ0) is 24.1. The number of hydrogen-bond acceptors (Lipinski definition) is 2. The van der Waals surface area contributed by atoms with Crippen LogP contribution in [0, 0.1) is 38.5 Å². The number of fused-ring (bicyclic) bond motifs is 1. The third-order valence-electron chi connectivity index (χ3n) is 7.29. The molecule has 0 bridgehead atoms. The monoisotopic (exact) mass is 440 g/mol. The molecule has 32 heavy (non-hydrogen) atoms. The first-order chi connectivity index (χ1) is 14.9. The van der Waals surface area contributed by atoms with Crippen molar-refractivity contribution in [1.29, 1.82) is 0 Å². The highest BCUT2D eigenvalue weighted by atomic mass is 16.5. The Kier molecular flexibility index (Phi) is 9.49. The largest absolute Gasteiger partial charge is 0.507 e. The van der Waals surface area contributed by atoms with Crippen LogP contribution in [0.1, 0.15) is 109 Å². The maximum absolute atomic E-state index is 10.4. The summed E-state index contributed by atoms with van der Waals surface area (Å²) in [5.41, 5.74) is 5.09. The van der Waals surface area contributed by atoms with Gasteiger partial charge in [-0.15, -0.1) is 0 Å². The summed E-state index contributed by atoms with van der Waals surface area (Å²) in [5.74, 6) is 3.72. The fourth-order valence-corrected chi connectivity index (χ4v) is 5.12. The Morgan fingerprint density at radius 3 is 2.38 bits per heavy atom. The molecule has 0 aromatic heterocycles. The van der Waals surface area contributed by atoms with Crippen LogP contribution in [0.3, 0.4) is 0 Å². The number of rotatable bonds is 11. The molecule has 1 heterocycles. The summed E-state index contributed by atoms with van der Waals surface area (Å²) in [6.07, 6.45) is 15.3. The number of ether oxygens (including phenoxy) is 1. The lowest BCUT2D eigenvalue weighted by molar-refractivity contribution is 0.127. The van der Waals surface area contributed by atoms with Crippen molar-refractivity contribution in [3.05, 3.63) is 40.0 Å². The maximum atomic E-state index is 10.4. The van der Waals surface area contributed by atoms with E-state index in [2.05, 4.69) is 59.8 Å². The predicted octanol–water partition coefficient (Wildman–Crippen LogP) is 9.09. The van der Waals surface area contributed by atoms with E-state index in [0.29, 0.717) is 5.75 Å². The second kappa shape index (κ2) is 11.4. The molecule has 0 radical (unpaired) electrons. The summed E-state index contributed by atoms with van der Waals surface area (Å²) in [4.78, 5) is 0. The predicted molar refractivity (Wildman–Crippen MR) is 140 cm³/mol. The Morgan fingerprint density at radius 1 is 1.03 bits per heavy atom. The third kappa shape index (κ3) is 7.15. The highest BCUT2D eigenvalue weighted by molar-refractivity contribution is 5.71. The Hall–Kier alpha value is -1.70. The summed E-state index contributed by atoms with van der Waals surface area (Å²) in [6, 6.07) is 0. The van der Waals surface area contributed by atoms with E-state index in [-0.39, 0.29) is 5.60 Å². The van der Waals surface area contributed by atoms with Crippen molar-refractivity contribution in [2.45, 2.75) is 113 Å². The van der Waals surface area contributed by atoms with Gasteiger partial charge in [0.1, 0.15) is 17.1 Å². The van der Waals surface area contributed by atoms with Gasteiger partial charge in [0.05, 0.1) is 0 Å². The Morgan fingerprint density at radius 2 is 1.72 bits per heavy atom. The number of hydrogen-bond donors (Lipinski definition) is 1. The summed E-state index contributed by atoms with van der Waals surface area (Å²) in [6.45, 7) is 19.9. The van der Waals surface area contributed by atoms with E-state index in [0.717, 1.165) is 58.6 Å². The molecule has 1 N–H and O–H groups in total. The van der Waals surface area contributed by atoms with Crippen molar-refractivity contribution >= 4 is 6.08 Å². The molecule has 2 rings (SSSR count). The first-order valence-electron chi connectivity index (χ1n) is 12.8. The molecule has 0 fully saturated rings. The van der Waals surface area contributed by atoms with Crippen LogP contribution < -0.4 is 4.74 Å². The molecule has 1 aliphatic rings. The van der Waals surface area contributed by atoms with E-state index in [1.165, 1.54) is 37.7 Å². The molecule has 3 atom stereocenters. The molecule has 2 heteroatoms. The molecule has 0 spiro atoms. The van der Waals surface area contributed by atoms with Crippen LogP contribution in [0.4, 0.5) is 0 Å².